The van der Waals surface area contributed by atoms with Crippen LogP contribution in [-0.2, 0) is 11.2 Å². The van der Waals surface area contributed by atoms with Crippen molar-refractivity contribution < 1.29 is 14.7 Å². The molecule has 0 aliphatic carbocycles. The molecule has 2 N–H and O–H groups in total. The van der Waals surface area contributed by atoms with Crippen molar-refractivity contribution in [3.05, 3.63) is 52.4 Å². The van der Waals surface area contributed by atoms with Crippen LogP contribution in [0.2, 0.25) is 0 Å². The molecule has 6 nitrogen and oxygen atoms in total. The predicted octanol–water partition coefficient (Wildman–Crippen LogP) is 2.12. The monoisotopic (exact) mass is 335 g/mol. The first-order valence-electron chi connectivity index (χ1n) is 5.65. The van der Waals surface area contributed by atoms with Crippen molar-refractivity contribution in [1.29, 1.82) is 0 Å². The van der Waals surface area contributed by atoms with Crippen molar-refractivity contribution in [2.45, 2.75) is 6.42 Å². The molecule has 7 heteroatoms. The second-order valence-corrected chi connectivity index (χ2v) is 4.83. The molecular formula is C13H10BrN3O3. The van der Waals surface area contributed by atoms with E-state index in [4.69, 9.17) is 5.11 Å². The molecule has 0 saturated carbocycles. The number of hydrogen-bond donors (Lipinski definition) is 2. The van der Waals surface area contributed by atoms with Crippen LogP contribution in [0.3, 0.4) is 0 Å². The summed E-state index contributed by atoms with van der Waals surface area (Å²) in [5.41, 5.74) is 0.531. The number of anilines is 1. The minimum absolute atomic E-state index is 0.0536. The zero-order valence-corrected chi connectivity index (χ0v) is 11.8. The zero-order valence-electron chi connectivity index (χ0n) is 10.2. The molecule has 0 atom stereocenters. The van der Waals surface area contributed by atoms with Crippen LogP contribution in [0, 0.1) is 0 Å². The Hall–Kier alpha value is -2.28. The van der Waals surface area contributed by atoms with Crippen molar-refractivity contribution in [2.24, 2.45) is 0 Å². The van der Waals surface area contributed by atoms with Crippen molar-refractivity contribution in [3.8, 4) is 0 Å². The van der Waals surface area contributed by atoms with Crippen LogP contribution in [0.5, 0.6) is 0 Å². The van der Waals surface area contributed by atoms with Gasteiger partial charge in [0.15, 0.2) is 11.5 Å². The average molecular weight is 336 g/mol. The van der Waals surface area contributed by atoms with Gasteiger partial charge in [0.1, 0.15) is 0 Å². The Balaban J connectivity index is 2.08. The second-order valence-electron chi connectivity index (χ2n) is 3.91. The summed E-state index contributed by atoms with van der Waals surface area (Å²) in [6, 6.07) is 7.26. The molecule has 1 aromatic carbocycles. The number of aromatic nitrogens is 2. The van der Waals surface area contributed by atoms with Crippen LogP contribution in [-0.4, -0.2) is 27.0 Å². The van der Waals surface area contributed by atoms with E-state index < -0.39 is 5.97 Å². The van der Waals surface area contributed by atoms with Crippen LogP contribution in [0.15, 0.2) is 41.1 Å². The van der Waals surface area contributed by atoms with Crippen molar-refractivity contribution >= 4 is 33.6 Å². The molecule has 2 aromatic rings. The van der Waals surface area contributed by atoms with E-state index in [1.807, 2.05) is 12.1 Å². The van der Waals surface area contributed by atoms with E-state index in [1.54, 1.807) is 12.1 Å². The van der Waals surface area contributed by atoms with Crippen LogP contribution in [0.1, 0.15) is 16.1 Å². The number of carbonyl (C=O) groups excluding carboxylic acids is 1. The fourth-order valence-electron chi connectivity index (χ4n) is 1.55. The molecule has 0 radical (unpaired) electrons. The molecule has 1 heterocycles. The van der Waals surface area contributed by atoms with E-state index in [0.29, 0.717) is 0 Å². The molecule has 0 aliphatic rings. The van der Waals surface area contributed by atoms with E-state index in [9.17, 15) is 9.59 Å². The molecular weight excluding hydrogens is 326 g/mol. The maximum Gasteiger partial charge on any atom is 0.358 e. The number of amides is 1. The standard InChI is InChI=1S/C13H10BrN3O3/c14-9-3-1-8(2-4-9)7-10(18)17-12-11(13(19)20)15-5-6-16-12/h1-6H,7H2,(H,19,20)(H,16,17,18). The van der Waals surface area contributed by atoms with Gasteiger partial charge in [-0.05, 0) is 17.7 Å². The molecule has 0 saturated heterocycles. The lowest BCUT2D eigenvalue weighted by molar-refractivity contribution is -0.115. The maximum absolute atomic E-state index is 11.9. The normalized spacial score (nSPS) is 10.1. The van der Waals surface area contributed by atoms with Crippen molar-refractivity contribution in [1.82, 2.24) is 9.97 Å². The highest BCUT2D eigenvalue weighted by Crippen LogP contribution is 2.12. The first-order valence-corrected chi connectivity index (χ1v) is 6.44. The summed E-state index contributed by atoms with van der Waals surface area (Å²) in [6.45, 7) is 0. The Kier molecular flexibility index (Phi) is 4.41. The summed E-state index contributed by atoms with van der Waals surface area (Å²) >= 11 is 3.31. The molecule has 0 spiro atoms. The highest BCUT2D eigenvalue weighted by molar-refractivity contribution is 9.10. The summed E-state index contributed by atoms with van der Waals surface area (Å²) in [5.74, 6) is -1.64. The lowest BCUT2D eigenvalue weighted by Crippen LogP contribution is -2.18. The maximum atomic E-state index is 11.9. The highest BCUT2D eigenvalue weighted by atomic mass is 79.9. The molecule has 0 unspecified atom stereocenters. The number of hydrogen-bond acceptors (Lipinski definition) is 4. The Labute approximate surface area is 123 Å². The van der Waals surface area contributed by atoms with Gasteiger partial charge in [0, 0.05) is 16.9 Å². The van der Waals surface area contributed by atoms with E-state index >= 15 is 0 Å². The van der Waals surface area contributed by atoms with Gasteiger partial charge >= 0.3 is 5.97 Å². The van der Waals surface area contributed by atoms with E-state index in [2.05, 4.69) is 31.2 Å². The lowest BCUT2D eigenvalue weighted by Gasteiger charge is -2.06. The highest BCUT2D eigenvalue weighted by Gasteiger charge is 2.15. The SMILES string of the molecule is O=C(Cc1ccc(Br)cc1)Nc1nccnc1C(=O)O. The third-order valence-electron chi connectivity index (χ3n) is 2.44. The Bertz CT molecular complexity index is 644. The number of aromatic carboxylic acids is 1. The van der Waals surface area contributed by atoms with Gasteiger partial charge in [0.2, 0.25) is 5.91 Å². The Morgan fingerprint density at radius 2 is 1.80 bits per heavy atom. The van der Waals surface area contributed by atoms with Crippen molar-refractivity contribution in [2.75, 3.05) is 5.32 Å². The van der Waals surface area contributed by atoms with E-state index in [0.717, 1.165) is 10.0 Å². The van der Waals surface area contributed by atoms with Gasteiger partial charge in [-0.25, -0.2) is 14.8 Å². The van der Waals surface area contributed by atoms with Gasteiger partial charge in [-0.1, -0.05) is 28.1 Å². The molecule has 1 aromatic heterocycles. The van der Waals surface area contributed by atoms with Gasteiger partial charge < -0.3 is 10.4 Å². The number of nitrogens with one attached hydrogen (secondary N) is 1. The van der Waals surface area contributed by atoms with Gasteiger partial charge in [-0.3, -0.25) is 4.79 Å². The number of rotatable bonds is 4. The minimum Gasteiger partial charge on any atom is -0.476 e. The summed E-state index contributed by atoms with van der Waals surface area (Å²) in [7, 11) is 0. The average Bonchev–Trinajstić information content (AvgIpc) is 2.41. The smallest absolute Gasteiger partial charge is 0.358 e. The first-order chi connectivity index (χ1) is 9.56. The van der Waals surface area contributed by atoms with Crippen LogP contribution >= 0.6 is 15.9 Å². The van der Waals surface area contributed by atoms with Gasteiger partial charge in [0.05, 0.1) is 6.42 Å². The molecule has 20 heavy (non-hydrogen) atoms. The molecule has 0 aliphatic heterocycles. The van der Waals surface area contributed by atoms with Gasteiger partial charge in [-0.15, -0.1) is 0 Å². The fourth-order valence-corrected chi connectivity index (χ4v) is 1.81. The van der Waals surface area contributed by atoms with E-state index in [1.165, 1.54) is 12.4 Å². The molecule has 102 valence electrons. The Morgan fingerprint density at radius 3 is 2.45 bits per heavy atom. The fraction of sp³-hybridized carbons (Fsp3) is 0.0769. The quantitative estimate of drug-likeness (QED) is 0.892. The third kappa shape index (κ3) is 3.61. The molecule has 0 fully saturated rings. The van der Waals surface area contributed by atoms with Gasteiger partial charge in [-0.2, -0.15) is 0 Å². The zero-order chi connectivity index (χ0) is 14.5. The number of carboxylic acid groups (broad SMARTS) is 1. The first kappa shape index (κ1) is 14.1. The van der Waals surface area contributed by atoms with Crippen molar-refractivity contribution in [3.63, 3.8) is 0 Å². The molecule has 1 amide bonds. The second kappa shape index (κ2) is 6.25. The van der Waals surface area contributed by atoms with Crippen LogP contribution in [0.4, 0.5) is 5.82 Å². The summed E-state index contributed by atoms with van der Waals surface area (Å²) in [4.78, 5) is 30.3. The topological polar surface area (TPSA) is 92.2 Å². The summed E-state index contributed by atoms with van der Waals surface area (Å²) in [5, 5.41) is 11.4. The van der Waals surface area contributed by atoms with Gasteiger partial charge in [0.25, 0.3) is 0 Å². The third-order valence-corrected chi connectivity index (χ3v) is 2.97. The molecule has 2 rings (SSSR count). The number of carboxylic acids is 1. The predicted molar refractivity (Wildman–Crippen MR) is 75.5 cm³/mol. The minimum atomic E-state index is -1.24. The van der Waals surface area contributed by atoms with Crippen LogP contribution < -0.4 is 5.32 Å². The lowest BCUT2D eigenvalue weighted by atomic mass is 10.1. The summed E-state index contributed by atoms with van der Waals surface area (Å²) < 4.78 is 0.920. The van der Waals surface area contributed by atoms with Crippen LogP contribution in [0.25, 0.3) is 0 Å². The number of benzene rings is 1. The Morgan fingerprint density at radius 1 is 1.15 bits per heavy atom. The number of carbonyl (C=O) groups is 2. The summed E-state index contributed by atoms with van der Waals surface area (Å²) in [6.07, 6.45) is 2.71. The number of nitrogens with zero attached hydrogens (tertiary/aromatic N) is 2. The largest absolute Gasteiger partial charge is 0.476 e. The number of halogens is 1. The molecule has 0 bridgehead atoms. The van der Waals surface area contributed by atoms with E-state index in [-0.39, 0.29) is 23.8 Å².